The van der Waals surface area contributed by atoms with Crippen molar-refractivity contribution in [3.05, 3.63) is 29.6 Å². The van der Waals surface area contributed by atoms with Crippen LogP contribution in [0.1, 0.15) is 38.2 Å². The van der Waals surface area contributed by atoms with E-state index in [1.54, 1.807) is 6.07 Å². The maximum absolute atomic E-state index is 14.4. The summed E-state index contributed by atoms with van der Waals surface area (Å²) in [5.74, 6) is -0.278. The van der Waals surface area contributed by atoms with E-state index < -0.39 is 0 Å². The maximum atomic E-state index is 14.4. The molecule has 1 aromatic rings. The number of likely N-dealkylation sites (tertiary alicyclic amines) is 1. The van der Waals surface area contributed by atoms with Gasteiger partial charge in [0, 0.05) is 25.7 Å². The summed E-state index contributed by atoms with van der Waals surface area (Å²) in [4.78, 5) is 16.2. The van der Waals surface area contributed by atoms with Crippen LogP contribution in [0.5, 0.6) is 0 Å². The molecular weight excluding hydrogens is 321 g/mol. The predicted molar refractivity (Wildman–Crippen MR) is 96.0 cm³/mol. The predicted octanol–water partition coefficient (Wildman–Crippen LogP) is 1.89. The van der Waals surface area contributed by atoms with Crippen molar-refractivity contribution in [2.24, 2.45) is 0 Å². The van der Waals surface area contributed by atoms with E-state index in [-0.39, 0.29) is 17.8 Å². The normalized spacial score (nSPS) is 22.4. The highest BCUT2D eigenvalue weighted by atomic mass is 19.1. The minimum Gasteiger partial charge on any atom is -0.393 e. The molecule has 2 N–H and O–H groups in total. The van der Waals surface area contributed by atoms with Crippen LogP contribution in [0.3, 0.4) is 0 Å². The lowest BCUT2D eigenvalue weighted by Gasteiger charge is -2.31. The molecule has 2 heterocycles. The quantitative estimate of drug-likeness (QED) is 0.852. The fraction of sp³-hybridized carbons (Fsp3) is 0.632. The number of amides is 1. The maximum Gasteiger partial charge on any atom is 0.234 e. The Balaban J connectivity index is 1.51. The highest BCUT2D eigenvalue weighted by Crippen LogP contribution is 2.24. The van der Waals surface area contributed by atoms with Gasteiger partial charge in [0.2, 0.25) is 5.91 Å². The van der Waals surface area contributed by atoms with E-state index in [0.29, 0.717) is 50.7 Å². The molecule has 1 amide bonds. The molecule has 0 aromatic heterocycles. The minimum atomic E-state index is -0.271. The number of aliphatic hydroxyl groups is 1. The average molecular weight is 349 g/mol. The van der Waals surface area contributed by atoms with E-state index in [0.717, 1.165) is 24.9 Å². The zero-order chi connectivity index (χ0) is 17.8. The SMILES string of the molecule is CC1CCCN1CC(=O)NCc1ccc(N2CCC(O)CC2)c(F)c1. The third-order valence-electron chi connectivity index (χ3n) is 5.34. The second-order valence-corrected chi connectivity index (χ2v) is 7.24. The van der Waals surface area contributed by atoms with Gasteiger partial charge in [0.05, 0.1) is 18.3 Å². The number of rotatable bonds is 5. The molecule has 0 bridgehead atoms. The number of halogens is 1. The molecule has 3 rings (SSSR count). The number of nitrogens with one attached hydrogen (secondary N) is 1. The van der Waals surface area contributed by atoms with Gasteiger partial charge in [-0.25, -0.2) is 4.39 Å². The first-order valence-corrected chi connectivity index (χ1v) is 9.25. The highest BCUT2D eigenvalue weighted by molar-refractivity contribution is 5.78. The van der Waals surface area contributed by atoms with Gasteiger partial charge in [-0.2, -0.15) is 0 Å². The van der Waals surface area contributed by atoms with Gasteiger partial charge < -0.3 is 15.3 Å². The third kappa shape index (κ3) is 4.70. The molecule has 1 atom stereocenters. The summed E-state index contributed by atoms with van der Waals surface area (Å²) in [6.45, 7) is 5.22. The smallest absolute Gasteiger partial charge is 0.234 e. The molecule has 2 aliphatic heterocycles. The lowest BCUT2D eigenvalue weighted by molar-refractivity contribution is -0.122. The Morgan fingerprint density at radius 2 is 2.04 bits per heavy atom. The number of hydrogen-bond acceptors (Lipinski definition) is 4. The number of hydrogen-bond donors (Lipinski definition) is 2. The summed E-state index contributed by atoms with van der Waals surface area (Å²) in [7, 11) is 0. The van der Waals surface area contributed by atoms with Crippen LogP contribution in [0, 0.1) is 5.82 Å². The molecule has 0 spiro atoms. The van der Waals surface area contributed by atoms with Gasteiger partial charge in [0.1, 0.15) is 5.82 Å². The Hall–Kier alpha value is -1.66. The summed E-state index contributed by atoms with van der Waals surface area (Å²) >= 11 is 0. The first-order chi connectivity index (χ1) is 12.0. The topological polar surface area (TPSA) is 55.8 Å². The van der Waals surface area contributed by atoms with Gasteiger partial charge in [-0.15, -0.1) is 0 Å². The van der Waals surface area contributed by atoms with Crippen LogP contribution in [0.15, 0.2) is 18.2 Å². The van der Waals surface area contributed by atoms with Gasteiger partial charge in [0.15, 0.2) is 0 Å². The van der Waals surface area contributed by atoms with Crippen molar-refractivity contribution in [3.8, 4) is 0 Å². The molecule has 1 unspecified atom stereocenters. The number of nitrogens with zero attached hydrogens (tertiary/aromatic N) is 2. The highest BCUT2D eigenvalue weighted by Gasteiger charge is 2.22. The van der Waals surface area contributed by atoms with E-state index in [9.17, 15) is 14.3 Å². The van der Waals surface area contributed by atoms with Crippen molar-refractivity contribution < 1.29 is 14.3 Å². The standard InChI is InChI=1S/C19H28FN3O2/c1-14-3-2-8-23(14)13-19(25)21-12-15-4-5-18(17(20)11-15)22-9-6-16(24)7-10-22/h4-5,11,14,16,24H,2-3,6-10,12-13H2,1H3,(H,21,25). The van der Waals surface area contributed by atoms with Crippen LogP contribution >= 0.6 is 0 Å². The van der Waals surface area contributed by atoms with E-state index in [2.05, 4.69) is 17.1 Å². The molecule has 0 aliphatic carbocycles. The van der Waals surface area contributed by atoms with E-state index >= 15 is 0 Å². The monoisotopic (exact) mass is 349 g/mol. The summed E-state index contributed by atoms with van der Waals surface area (Å²) < 4.78 is 14.4. The third-order valence-corrected chi connectivity index (χ3v) is 5.34. The number of carbonyl (C=O) groups is 1. The number of carbonyl (C=O) groups excluding carboxylic acids is 1. The second kappa shape index (κ2) is 8.15. The van der Waals surface area contributed by atoms with Crippen LogP contribution in [-0.2, 0) is 11.3 Å². The Bertz CT molecular complexity index is 602. The molecule has 5 nitrogen and oxygen atoms in total. The van der Waals surface area contributed by atoms with Gasteiger partial charge in [-0.1, -0.05) is 6.07 Å². The largest absolute Gasteiger partial charge is 0.393 e. The van der Waals surface area contributed by atoms with Crippen LogP contribution in [0.25, 0.3) is 0 Å². The summed E-state index contributed by atoms with van der Waals surface area (Å²) in [5, 5.41) is 12.4. The lowest BCUT2D eigenvalue weighted by atomic mass is 10.1. The molecule has 1 aromatic carbocycles. The van der Waals surface area contributed by atoms with Crippen molar-refractivity contribution in [1.82, 2.24) is 10.2 Å². The Kier molecular flexibility index (Phi) is 5.91. The molecule has 25 heavy (non-hydrogen) atoms. The average Bonchev–Trinajstić information content (AvgIpc) is 2.99. The van der Waals surface area contributed by atoms with Gasteiger partial charge in [-0.05, 0) is 56.8 Å². The molecule has 2 aliphatic rings. The van der Waals surface area contributed by atoms with E-state index in [1.165, 1.54) is 6.07 Å². The van der Waals surface area contributed by atoms with E-state index in [4.69, 9.17) is 0 Å². The van der Waals surface area contributed by atoms with Crippen molar-refractivity contribution in [2.75, 3.05) is 31.1 Å². The number of piperidine rings is 1. The molecule has 138 valence electrons. The van der Waals surface area contributed by atoms with Gasteiger partial charge >= 0.3 is 0 Å². The Labute approximate surface area is 148 Å². The Morgan fingerprint density at radius 1 is 1.28 bits per heavy atom. The van der Waals surface area contributed by atoms with Crippen molar-refractivity contribution in [2.45, 2.75) is 51.3 Å². The summed E-state index contributed by atoms with van der Waals surface area (Å²) in [6, 6.07) is 5.60. The van der Waals surface area contributed by atoms with Crippen LogP contribution in [0.2, 0.25) is 0 Å². The Morgan fingerprint density at radius 3 is 2.68 bits per heavy atom. The zero-order valence-corrected chi connectivity index (χ0v) is 14.9. The molecule has 0 radical (unpaired) electrons. The second-order valence-electron chi connectivity index (χ2n) is 7.24. The van der Waals surface area contributed by atoms with E-state index in [1.807, 2.05) is 11.0 Å². The van der Waals surface area contributed by atoms with Crippen molar-refractivity contribution in [1.29, 1.82) is 0 Å². The van der Waals surface area contributed by atoms with Crippen LogP contribution < -0.4 is 10.2 Å². The fourth-order valence-corrected chi connectivity index (χ4v) is 3.69. The van der Waals surface area contributed by atoms with Gasteiger partial charge in [-0.3, -0.25) is 9.69 Å². The fourth-order valence-electron chi connectivity index (χ4n) is 3.69. The first-order valence-electron chi connectivity index (χ1n) is 9.25. The lowest BCUT2D eigenvalue weighted by Crippen LogP contribution is -2.38. The van der Waals surface area contributed by atoms with Gasteiger partial charge in [0.25, 0.3) is 0 Å². The van der Waals surface area contributed by atoms with Crippen molar-refractivity contribution in [3.63, 3.8) is 0 Å². The molecule has 6 heteroatoms. The molecular formula is C19H28FN3O2. The van der Waals surface area contributed by atoms with Crippen molar-refractivity contribution >= 4 is 11.6 Å². The van der Waals surface area contributed by atoms with Crippen LogP contribution in [0.4, 0.5) is 10.1 Å². The number of benzene rings is 1. The summed E-state index contributed by atoms with van der Waals surface area (Å²) in [5.41, 5.74) is 1.34. The number of aliphatic hydroxyl groups excluding tert-OH is 1. The van der Waals surface area contributed by atoms with Crippen LogP contribution in [-0.4, -0.2) is 54.2 Å². The number of anilines is 1. The molecule has 2 saturated heterocycles. The zero-order valence-electron chi connectivity index (χ0n) is 14.9. The first kappa shape index (κ1) is 18.1. The minimum absolute atomic E-state index is 0.0109. The molecule has 0 saturated carbocycles. The molecule has 2 fully saturated rings. The summed E-state index contributed by atoms with van der Waals surface area (Å²) in [6.07, 6.45) is 3.37.